The number of furan rings is 1. The molecule has 0 amide bonds. The molecule has 0 unspecified atom stereocenters. The van der Waals surface area contributed by atoms with Gasteiger partial charge in [0.15, 0.2) is 0 Å². The summed E-state index contributed by atoms with van der Waals surface area (Å²) in [5, 5.41) is -1.33. The summed E-state index contributed by atoms with van der Waals surface area (Å²) in [5.74, 6) is 0. The summed E-state index contributed by atoms with van der Waals surface area (Å²) in [7, 11) is 0. The van der Waals surface area contributed by atoms with Crippen molar-refractivity contribution < 1.29 is 25.0 Å². The van der Waals surface area contributed by atoms with E-state index in [4.69, 9.17) is 18.1 Å². The fraction of sp³-hybridized carbons (Fsp3) is 0. The van der Waals surface area contributed by atoms with Crippen LogP contribution in [-0.2, 0) is 0 Å². The van der Waals surface area contributed by atoms with Crippen LogP contribution in [0.15, 0.2) is 150 Å². The van der Waals surface area contributed by atoms with Gasteiger partial charge in [-0.15, -0.1) is 0 Å². The molecule has 0 N–H and O–H groups in total. The Morgan fingerprint density at radius 1 is 0.410 bits per heavy atom. The molecule has 1 heterocycles. The highest BCUT2D eigenvalue weighted by atomic mass is 16.3. The SMILES string of the molecule is [2H]c1c([2H])c([2H])c2c(oc3c(-c4c5c([2H])c([2H])c([2H])c([2H])c5c(-c5ccccc5-c5ccccc5)c5c([2H])c([2H])c([2H])c([2H])c45)c([2H])c([2H])c([2H])c32)c1[2H]. The van der Waals surface area contributed by atoms with Crippen LogP contribution in [0.2, 0.25) is 0 Å². The normalized spacial score (nSPS) is 17.0. The largest absolute Gasteiger partial charge is 0.455 e. The second-order valence-corrected chi connectivity index (χ2v) is 8.92. The lowest BCUT2D eigenvalue weighted by Crippen LogP contribution is -1.92. The third-order valence-corrected chi connectivity index (χ3v) is 6.84. The Hall–Kier alpha value is -5.14. The van der Waals surface area contributed by atoms with Crippen LogP contribution < -0.4 is 0 Å². The Balaban J connectivity index is 1.75. The molecule has 0 saturated carbocycles. The summed E-state index contributed by atoms with van der Waals surface area (Å²) in [6.07, 6.45) is 0. The van der Waals surface area contributed by atoms with Crippen molar-refractivity contribution in [2.75, 3.05) is 0 Å². The lowest BCUT2D eigenvalue weighted by molar-refractivity contribution is 0.670. The molecule has 0 radical (unpaired) electrons. The molecular formula is C38H24O. The molecule has 39 heavy (non-hydrogen) atoms. The van der Waals surface area contributed by atoms with E-state index >= 15 is 0 Å². The third-order valence-electron chi connectivity index (χ3n) is 6.84. The van der Waals surface area contributed by atoms with E-state index in [-0.39, 0.29) is 60.2 Å². The average molecular weight is 512 g/mol. The molecule has 8 aromatic rings. The minimum absolute atomic E-state index is 0.0670. The first-order valence-electron chi connectivity index (χ1n) is 19.6. The van der Waals surface area contributed by atoms with Crippen LogP contribution in [0.25, 0.3) is 76.9 Å². The number of hydrogen-bond donors (Lipinski definition) is 0. The molecule has 0 spiro atoms. The van der Waals surface area contributed by atoms with Gasteiger partial charge in [0.25, 0.3) is 0 Å². The summed E-state index contributed by atoms with van der Waals surface area (Å²) in [4.78, 5) is 0. The standard InChI is InChI=1S/C38H24O/c1-2-13-25(14-3-1)26-15-4-5-17-28(26)36-29-18-6-8-20-31(29)37(32-21-9-7-19-30(32)36)34-23-12-22-33-27-16-10-11-24-35(27)39-38(33)34/h1-24H/i6D,7D,8D,9D,10D,11D,12D,16D,18D,19D,20D,21D,22D,23D,24D. The predicted molar refractivity (Wildman–Crippen MR) is 165 cm³/mol. The van der Waals surface area contributed by atoms with Crippen molar-refractivity contribution in [3.05, 3.63) is 145 Å². The van der Waals surface area contributed by atoms with Gasteiger partial charge in [0, 0.05) is 21.9 Å². The maximum absolute atomic E-state index is 9.33. The molecule has 0 fully saturated rings. The van der Waals surface area contributed by atoms with Gasteiger partial charge in [-0.2, -0.15) is 0 Å². The highest BCUT2D eigenvalue weighted by Gasteiger charge is 2.21. The van der Waals surface area contributed by atoms with E-state index in [2.05, 4.69) is 0 Å². The summed E-state index contributed by atoms with van der Waals surface area (Å²) in [6, 6.07) is 6.58. The molecule has 0 saturated heterocycles. The lowest BCUT2D eigenvalue weighted by atomic mass is 9.83. The van der Waals surface area contributed by atoms with Crippen molar-refractivity contribution >= 4 is 43.5 Å². The first-order valence-corrected chi connectivity index (χ1v) is 12.1. The van der Waals surface area contributed by atoms with Crippen LogP contribution in [0.5, 0.6) is 0 Å². The van der Waals surface area contributed by atoms with Gasteiger partial charge in [-0.3, -0.25) is 0 Å². The van der Waals surface area contributed by atoms with E-state index in [0.29, 0.717) is 16.7 Å². The second kappa shape index (κ2) is 8.72. The van der Waals surface area contributed by atoms with Crippen molar-refractivity contribution in [2.24, 2.45) is 0 Å². The van der Waals surface area contributed by atoms with Gasteiger partial charge in [0.05, 0.1) is 20.6 Å². The lowest BCUT2D eigenvalue weighted by Gasteiger charge is -2.19. The van der Waals surface area contributed by atoms with Crippen LogP contribution >= 0.6 is 0 Å². The fourth-order valence-electron chi connectivity index (χ4n) is 5.22. The number of para-hydroxylation sites is 2. The Kier molecular flexibility index (Phi) is 2.62. The molecule has 182 valence electrons. The van der Waals surface area contributed by atoms with Crippen molar-refractivity contribution in [3.63, 3.8) is 0 Å². The Morgan fingerprint density at radius 2 is 0.923 bits per heavy atom. The Labute approximate surface area is 247 Å². The topological polar surface area (TPSA) is 13.1 Å². The van der Waals surface area contributed by atoms with E-state index in [1.807, 2.05) is 30.3 Å². The quantitative estimate of drug-likeness (QED) is 0.215. The van der Waals surface area contributed by atoms with Crippen LogP contribution in [0.1, 0.15) is 20.6 Å². The van der Waals surface area contributed by atoms with Crippen LogP contribution in [-0.4, -0.2) is 0 Å². The first kappa shape index (κ1) is 11.7. The molecule has 1 aromatic heterocycles. The third kappa shape index (κ3) is 3.34. The van der Waals surface area contributed by atoms with Gasteiger partial charge in [-0.1, -0.05) is 139 Å². The maximum atomic E-state index is 9.33. The van der Waals surface area contributed by atoms with Gasteiger partial charge < -0.3 is 4.42 Å². The second-order valence-electron chi connectivity index (χ2n) is 8.92. The number of fused-ring (bicyclic) bond motifs is 5. The van der Waals surface area contributed by atoms with E-state index in [0.717, 1.165) is 0 Å². The van der Waals surface area contributed by atoms with Gasteiger partial charge in [0.2, 0.25) is 0 Å². The van der Waals surface area contributed by atoms with E-state index in [1.54, 1.807) is 24.3 Å². The Bertz CT molecular complexity index is 2910. The fourth-order valence-corrected chi connectivity index (χ4v) is 5.22. The minimum atomic E-state index is -0.714. The smallest absolute Gasteiger partial charge is 0.143 e. The number of rotatable bonds is 3. The number of hydrogen-bond acceptors (Lipinski definition) is 1. The highest BCUT2D eigenvalue weighted by Crippen LogP contribution is 2.47. The summed E-state index contributed by atoms with van der Waals surface area (Å²) in [5.41, 5.74) is 0.282. The molecule has 0 aliphatic heterocycles. The summed E-state index contributed by atoms with van der Waals surface area (Å²) >= 11 is 0. The first-order chi connectivity index (χ1) is 25.6. The van der Waals surface area contributed by atoms with E-state index in [9.17, 15) is 6.85 Å². The monoisotopic (exact) mass is 511 g/mol. The Morgan fingerprint density at radius 3 is 1.59 bits per heavy atom. The van der Waals surface area contributed by atoms with Crippen molar-refractivity contribution in [1.29, 1.82) is 0 Å². The highest BCUT2D eigenvalue weighted by molar-refractivity contribution is 6.24. The van der Waals surface area contributed by atoms with E-state index in [1.165, 1.54) is 0 Å². The zero-order valence-corrected chi connectivity index (χ0v) is 20.1. The van der Waals surface area contributed by atoms with Crippen LogP contribution in [0, 0.1) is 0 Å². The number of benzene rings is 7. The van der Waals surface area contributed by atoms with Gasteiger partial charge in [-0.05, 0) is 49.8 Å². The summed E-state index contributed by atoms with van der Waals surface area (Å²) < 4.78 is 139. The molecule has 1 nitrogen and oxygen atoms in total. The van der Waals surface area contributed by atoms with Crippen LogP contribution in [0.3, 0.4) is 0 Å². The zero-order chi connectivity index (χ0) is 38.8. The van der Waals surface area contributed by atoms with Crippen molar-refractivity contribution in [3.8, 4) is 33.4 Å². The van der Waals surface area contributed by atoms with Gasteiger partial charge >= 0.3 is 0 Å². The minimum Gasteiger partial charge on any atom is -0.455 e. The molecule has 0 bridgehead atoms. The molecule has 0 atom stereocenters. The van der Waals surface area contributed by atoms with Gasteiger partial charge in [0.1, 0.15) is 11.2 Å². The van der Waals surface area contributed by atoms with Crippen molar-refractivity contribution in [2.45, 2.75) is 0 Å². The average Bonchev–Trinajstić information content (AvgIpc) is 3.58. The summed E-state index contributed by atoms with van der Waals surface area (Å²) in [6.45, 7) is 0. The molecule has 0 aliphatic rings. The maximum Gasteiger partial charge on any atom is 0.143 e. The molecule has 1 heteroatoms. The molecular weight excluding hydrogens is 472 g/mol. The van der Waals surface area contributed by atoms with Crippen LogP contribution in [0.4, 0.5) is 0 Å². The van der Waals surface area contributed by atoms with E-state index < -0.39 is 90.6 Å². The van der Waals surface area contributed by atoms with Crippen molar-refractivity contribution in [1.82, 2.24) is 0 Å². The van der Waals surface area contributed by atoms with Gasteiger partial charge in [-0.25, -0.2) is 0 Å². The molecule has 8 rings (SSSR count). The zero-order valence-electron chi connectivity index (χ0n) is 35.1. The molecule has 7 aromatic carbocycles. The molecule has 0 aliphatic carbocycles. The predicted octanol–water partition coefficient (Wildman–Crippen LogP) is 10.9.